The molecule has 1 rings (SSSR count). The average molecular weight is 183 g/mol. The average Bonchev–Trinajstić information content (AvgIpc) is 2.26. The molecule has 0 saturated carbocycles. The van der Waals surface area contributed by atoms with Crippen molar-refractivity contribution in [3.05, 3.63) is 11.3 Å². The first-order valence-electron chi connectivity index (χ1n) is 4.18. The Hall–Kier alpha value is -1.32. The van der Waals surface area contributed by atoms with E-state index in [0.717, 1.165) is 10.5 Å². The van der Waals surface area contributed by atoms with Crippen LogP contribution in [0.15, 0.2) is 11.3 Å². The molecule has 0 atom stereocenters. The van der Waals surface area contributed by atoms with Crippen LogP contribution in [0.2, 0.25) is 0 Å². The highest BCUT2D eigenvalue weighted by Gasteiger charge is 2.38. The molecule has 1 heterocycles. The number of nitrogens with zero attached hydrogens (tertiary/aromatic N) is 1. The fourth-order valence-corrected chi connectivity index (χ4v) is 1.13. The van der Waals surface area contributed by atoms with Gasteiger partial charge in [0.2, 0.25) is 0 Å². The standard InChI is InChI=1S/C9H13NO3/c1-5(2)7-8(11)10(6(3)4)9(12)13-7/h6H,1-4H3. The van der Waals surface area contributed by atoms with Crippen LogP contribution < -0.4 is 0 Å². The number of carbonyl (C=O) groups excluding carboxylic acids is 2. The van der Waals surface area contributed by atoms with Gasteiger partial charge in [-0.1, -0.05) is 0 Å². The number of hydrogen-bond acceptors (Lipinski definition) is 3. The molecule has 0 N–H and O–H groups in total. The Labute approximate surface area is 77.2 Å². The monoisotopic (exact) mass is 183 g/mol. The van der Waals surface area contributed by atoms with Gasteiger partial charge in [0.05, 0.1) is 0 Å². The Balaban J connectivity index is 3.02. The van der Waals surface area contributed by atoms with Gasteiger partial charge < -0.3 is 4.74 Å². The van der Waals surface area contributed by atoms with Crippen LogP contribution in [-0.4, -0.2) is 22.9 Å². The van der Waals surface area contributed by atoms with Crippen LogP contribution in [0.5, 0.6) is 0 Å². The fraction of sp³-hybridized carbons (Fsp3) is 0.556. The van der Waals surface area contributed by atoms with Crippen molar-refractivity contribution >= 4 is 12.0 Å². The molecule has 0 bridgehead atoms. The van der Waals surface area contributed by atoms with Crippen LogP contribution in [0.3, 0.4) is 0 Å². The molecule has 4 heteroatoms. The summed E-state index contributed by atoms with van der Waals surface area (Å²) < 4.78 is 4.83. The summed E-state index contributed by atoms with van der Waals surface area (Å²) in [5.74, 6) is -0.168. The number of rotatable bonds is 1. The highest BCUT2D eigenvalue weighted by molar-refractivity contribution is 6.08. The van der Waals surface area contributed by atoms with E-state index in [0.29, 0.717) is 0 Å². The van der Waals surface area contributed by atoms with Crippen molar-refractivity contribution in [1.29, 1.82) is 0 Å². The number of hydrogen-bond donors (Lipinski definition) is 0. The molecule has 0 spiro atoms. The molecule has 1 aliphatic heterocycles. The minimum absolute atomic E-state index is 0.156. The molecule has 1 aliphatic rings. The van der Waals surface area contributed by atoms with Crippen molar-refractivity contribution in [1.82, 2.24) is 4.90 Å². The fourth-order valence-electron chi connectivity index (χ4n) is 1.13. The van der Waals surface area contributed by atoms with E-state index in [-0.39, 0.29) is 17.7 Å². The van der Waals surface area contributed by atoms with Gasteiger partial charge in [-0.3, -0.25) is 4.79 Å². The topological polar surface area (TPSA) is 46.6 Å². The third-order valence-corrected chi connectivity index (χ3v) is 1.77. The van der Waals surface area contributed by atoms with Crippen LogP contribution in [0.25, 0.3) is 0 Å². The summed E-state index contributed by atoms with van der Waals surface area (Å²) in [4.78, 5) is 23.8. The summed E-state index contributed by atoms with van der Waals surface area (Å²) in [7, 11) is 0. The summed E-state index contributed by atoms with van der Waals surface area (Å²) in [5.41, 5.74) is 0.724. The molecule has 0 aliphatic carbocycles. The molecular weight excluding hydrogens is 170 g/mol. The van der Waals surface area contributed by atoms with E-state index in [9.17, 15) is 9.59 Å². The molecule has 72 valence electrons. The molecular formula is C9H13NO3. The third-order valence-electron chi connectivity index (χ3n) is 1.77. The molecule has 13 heavy (non-hydrogen) atoms. The second kappa shape index (κ2) is 3.20. The molecule has 1 saturated heterocycles. The Morgan fingerprint density at radius 1 is 1.31 bits per heavy atom. The Kier molecular flexibility index (Phi) is 2.40. The van der Waals surface area contributed by atoms with Gasteiger partial charge in [0, 0.05) is 6.04 Å². The van der Waals surface area contributed by atoms with Gasteiger partial charge >= 0.3 is 6.09 Å². The lowest BCUT2D eigenvalue weighted by molar-refractivity contribution is -0.124. The van der Waals surface area contributed by atoms with Crippen LogP contribution in [-0.2, 0) is 9.53 Å². The largest absolute Gasteiger partial charge is 0.422 e. The zero-order valence-electron chi connectivity index (χ0n) is 8.25. The summed E-state index contributed by atoms with van der Waals surface area (Å²) in [6, 6.07) is -0.156. The molecule has 0 unspecified atom stereocenters. The number of cyclic esters (lactones) is 1. The lowest BCUT2D eigenvalue weighted by Gasteiger charge is -2.13. The maximum atomic E-state index is 11.5. The maximum absolute atomic E-state index is 11.5. The minimum atomic E-state index is -0.573. The number of ether oxygens (including phenoxy) is 1. The van der Waals surface area contributed by atoms with E-state index in [2.05, 4.69) is 0 Å². The summed E-state index contributed by atoms with van der Waals surface area (Å²) in [6.07, 6.45) is -0.573. The molecule has 0 aromatic carbocycles. The predicted molar refractivity (Wildman–Crippen MR) is 46.8 cm³/mol. The zero-order valence-corrected chi connectivity index (χ0v) is 8.25. The number of allylic oxidation sites excluding steroid dienone is 1. The number of amides is 2. The SMILES string of the molecule is CC(C)=C1OC(=O)N(C(C)C)C1=O. The summed E-state index contributed by atoms with van der Waals surface area (Å²) in [6.45, 7) is 7.02. The Morgan fingerprint density at radius 2 is 1.85 bits per heavy atom. The van der Waals surface area contributed by atoms with Crippen LogP contribution in [0.1, 0.15) is 27.7 Å². The number of imide groups is 1. The van der Waals surface area contributed by atoms with Crippen molar-refractivity contribution in [2.24, 2.45) is 0 Å². The van der Waals surface area contributed by atoms with Crippen LogP contribution >= 0.6 is 0 Å². The third kappa shape index (κ3) is 1.56. The lowest BCUT2D eigenvalue weighted by Crippen LogP contribution is -2.35. The smallest absolute Gasteiger partial charge is 0.404 e. The van der Waals surface area contributed by atoms with E-state index >= 15 is 0 Å². The van der Waals surface area contributed by atoms with Crippen molar-refractivity contribution in [2.45, 2.75) is 33.7 Å². The maximum Gasteiger partial charge on any atom is 0.422 e. The van der Waals surface area contributed by atoms with Crippen molar-refractivity contribution in [3.8, 4) is 0 Å². The molecule has 2 amide bonds. The van der Waals surface area contributed by atoms with Crippen molar-refractivity contribution in [2.75, 3.05) is 0 Å². The van der Waals surface area contributed by atoms with Gasteiger partial charge in [0.25, 0.3) is 5.91 Å². The molecule has 0 aromatic heterocycles. The molecule has 0 radical (unpaired) electrons. The minimum Gasteiger partial charge on any atom is -0.404 e. The summed E-state index contributed by atoms with van der Waals surface area (Å²) in [5, 5.41) is 0. The Morgan fingerprint density at radius 3 is 2.08 bits per heavy atom. The predicted octanol–water partition coefficient (Wildman–Crippen LogP) is 1.67. The second-order valence-electron chi connectivity index (χ2n) is 3.47. The van der Waals surface area contributed by atoms with Gasteiger partial charge in [-0.05, 0) is 33.3 Å². The zero-order chi connectivity index (χ0) is 10.2. The highest BCUT2D eigenvalue weighted by atomic mass is 16.6. The number of carbonyl (C=O) groups is 2. The lowest BCUT2D eigenvalue weighted by atomic mass is 10.2. The van der Waals surface area contributed by atoms with Gasteiger partial charge in [0.1, 0.15) is 0 Å². The van der Waals surface area contributed by atoms with Gasteiger partial charge in [0.15, 0.2) is 5.76 Å². The van der Waals surface area contributed by atoms with Crippen molar-refractivity contribution < 1.29 is 14.3 Å². The molecule has 0 aromatic rings. The quantitative estimate of drug-likeness (QED) is 0.581. The van der Waals surface area contributed by atoms with E-state index in [1.165, 1.54) is 0 Å². The van der Waals surface area contributed by atoms with Crippen LogP contribution in [0.4, 0.5) is 4.79 Å². The van der Waals surface area contributed by atoms with Crippen molar-refractivity contribution in [3.63, 3.8) is 0 Å². The van der Waals surface area contributed by atoms with E-state index in [1.807, 2.05) is 0 Å². The highest BCUT2D eigenvalue weighted by Crippen LogP contribution is 2.21. The van der Waals surface area contributed by atoms with E-state index < -0.39 is 6.09 Å². The first-order chi connectivity index (χ1) is 5.95. The van der Waals surface area contributed by atoms with E-state index in [4.69, 9.17) is 4.74 Å². The van der Waals surface area contributed by atoms with Gasteiger partial charge in [-0.25, -0.2) is 9.69 Å². The first-order valence-corrected chi connectivity index (χ1v) is 4.18. The van der Waals surface area contributed by atoms with Gasteiger partial charge in [-0.15, -0.1) is 0 Å². The van der Waals surface area contributed by atoms with Gasteiger partial charge in [-0.2, -0.15) is 0 Å². The van der Waals surface area contributed by atoms with Crippen LogP contribution in [0, 0.1) is 0 Å². The molecule has 4 nitrogen and oxygen atoms in total. The summed E-state index contributed by atoms with van der Waals surface area (Å²) >= 11 is 0. The first kappa shape index (κ1) is 9.77. The second-order valence-corrected chi connectivity index (χ2v) is 3.47. The Bertz CT molecular complexity index is 287. The normalized spacial score (nSPS) is 17.0. The molecule has 1 fully saturated rings. The van der Waals surface area contributed by atoms with E-state index in [1.54, 1.807) is 27.7 Å².